The van der Waals surface area contributed by atoms with Gasteiger partial charge in [-0.25, -0.2) is 4.79 Å². The van der Waals surface area contributed by atoms with Gasteiger partial charge in [0.05, 0.1) is 17.3 Å². The maximum Gasteiger partial charge on any atom is 0.408 e. The van der Waals surface area contributed by atoms with Crippen molar-refractivity contribution < 1.29 is 29.0 Å². The smallest absolute Gasteiger partial charge is 0.408 e. The molecule has 212 valence electrons. The molecule has 2 atom stereocenters. The van der Waals surface area contributed by atoms with Gasteiger partial charge in [0.1, 0.15) is 17.7 Å². The molecule has 0 aromatic heterocycles. The lowest BCUT2D eigenvalue weighted by atomic mass is 9.99. The number of ether oxygens (including phenoxy) is 1. The standard InChI is InChI=1S/C28H37ClN4O6/c1-17-8-6-10-19(16-17)24(25(36)32-23-18(2)9-7-11-20(23)29)33(14-15-34)26(37)21(12-13-22(30)35)31-27(38)39-28(3,4)5/h6-11,16,21,24,34H,12-15H2,1-5H3,(H2,30,35)(H,31,38)(H,32,36). The molecule has 0 aliphatic heterocycles. The van der Waals surface area contributed by atoms with Gasteiger partial charge in [0.2, 0.25) is 11.8 Å². The number of aliphatic hydroxyl groups excluding tert-OH is 1. The number of halogens is 1. The molecular formula is C28H37ClN4O6. The quantitative estimate of drug-likeness (QED) is 0.329. The van der Waals surface area contributed by atoms with Crippen molar-refractivity contribution in [1.82, 2.24) is 10.2 Å². The minimum Gasteiger partial charge on any atom is -0.444 e. The van der Waals surface area contributed by atoms with Crippen LogP contribution in [0.5, 0.6) is 0 Å². The number of para-hydroxylation sites is 1. The highest BCUT2D eigenvalue weighted by Crippen LogP contribution is 2.30. The van der Waals surface area contributed by atoms with E-state index in [0.29, 0.717) is 21.8 Å². The van der Waals surface area contributed by atoms with E-state index in [1.165, 1.54) is 4.90 Å². The lowest BCUT2D eigenvalue weighted by Gasteiger charge is -2.34. The molecule has 39 heavy (non-hydrogen) atoms. The molecule has 0 fully saturated rings. The molecule has 2 unspecified atom stereocenters. The van der Waals surface area contributed by atoms with E-state index in [2.05, 4.69) is 10.6 Å². The van der Waals surface area contributed by atoms with Crippen molar-refractivity contribution >= 4 is 41.1 Å². The second kappa shape index (κ2) is 14.0. The molecule has 0 heterocycles. The van der Waals surface area contributed by atoms with E-state index in [1.807, 2.05) is 13.0 Å². The fraction of sp³-hybridized carbons (Fsp3) is 0.429. The van der Waals surface area contributed by atoms with E-state index in [9.17, 15) is 24.3 Å². The molecule has 2 rings (SSSR count). The third-order valence-corrected chi connectivity index (χ3v) is 6.00. The number of amides is 4. The van der Waals surface area contributed by atoms with E-state index in [1.54, 1.807) is 64.1 Å². The highest BCUT2D eigenvalue weighted by molar-refractivity contribution is 6.34. The Hall–Kier alpha value is -3.63. The van der Waals surface area contributed by atoms with Crippen LogP contribution in [0.3, 0.4) is 0 Å². The lowest BCUT2D eigenvalue weighted by molar-refractivity contribution is -0.141. The van der Waals surface area contributed by atoms with E-state index < -0.39 is 48.1 Å². The molecule has 0 aliphatic rings. The molecule has 0 radical (unpaired) electrons. The Bertz CT molecular complexity index is 1180. The Balaban J connectivity index is 2.54. The summed E-state index contributed by atoms with van der Waals surface area (Å²) in [5, 5.41) is 15.5. The summed E-state index contributed by atoms with van der Waals surface area (Å²) in [5.74, 6) is -1.95. The number of carbonyl (C=O) groups is 4. The van der Waals surface area contributed by atoms with Gasteiger partial charge in [0, 0.05) is 13.0 Å². The number of benzene rings is 2. The minimum absolute atomic E-state index is 0.138. The van der Waals surface area contributed by atoms with Crippen molar-refractivity contribution in [2.75, 3.05) is 18.5 Å². The van der Waals surface area contributed by atoms with Crippen LogP contribution in [0.1, 0.15) is 56.3 Å². The average Bonchev–Trinajstić information content (AvgIpc) is 2.82. The topological polar surface area (TPSA) is 151 Å². The largest absolute Gasteiger partial charge is 0.444 e. The van der Waals surface area contributed by atoms with Crippen LogP contribution in [-0.2, 0) is 19.1 Å². The first kappa shape index (κ1) is 31.6. The number of aryl methyl sites for hydroxylation is 2. The van der Waals surface area contributed by atoms with E-state index in [-0.39, 0.29) is 19.4 Å². The fourth-order valence-electron chi connectivity index (χ4n) is 3.96. The zero-order valence-electron chi connectivity index (χ0n) is 22.9. The van der Waals surface area contributed by atoms with Crippen LogP contribution in [0, 0.1) is 13.8 Å². The second-order valence-corrected chi connectivity index (χ2v) is 10.6. The number of aliphatic hydroxyl groups is 1. The number of nitrogens with two attached hydrogens (primary N) is 1. The molecule has 0 bridgehead atoms. The first-order valence-corrected chi connectivity index (χ1v) is 12.9. The molecule has 11 heteroatoms. The van der Waals surface area contributed by atoms with Crippen molar-refractivity contribution in [3.8, 4) is 0 Å². The zero-order valence-corrected chi connectivity index (χ0v) is 23.7. The summed E-state index contributed by atoms with van der Waals surface area (Å²) in [6.07, 6.45) is -1.22. The number of hydrogen-bond donors (Lipinski definition) is 4. The summed E-state index contributed by atoms with van der Waals surface area (Å²) in [6, 6.07) is 9.72. The van der Waals surface area contributed by atoms with Gasteiger partial charge in [0.15, 0.2) is 0 Å². The molecule has 0 spiro atoms. The van der Waals surface area contributed by atoms with Crippen molar-refractivity contribution in [2.45, 2.75) is 65.1 Å². The third kappa shape index (κ3) is 9.56. The molecule has 10 nitrogen and oxygen atoms in total. The third-order valence-electron chi connectivity index (χ3n) is 5.68. The summed E-state index contributed by atoms with van der Waals surface area (Å²) < 4.78 is 5.30. The summed E-state index contributed by atoms with van der Waals surface area (Å²) in [4.78, 5) is 53.0. The minimum atomic E-state index is -1.26. The number of carbonyl (C=O) groups excluding carboxylic acids is 4. The lowest BCUT2D eigenvalue weighted by Crippen LogP contribution is -2.53. The van der Waals surface area contributed by atoms with Gasteiger partial charge in [-0.05, 0) is 58.2 Å². The molecule has 0 saturated heterocycles. The second-order valence-electron chi connectivity index (χ2n) is 10.2. The van der Waals surface area contributed by atoms with Crippen molar-refractivity contribution in [3.63, 3.8) is 0 Å². The first-order valence-electron chi connectivity index (χ1n) is 12.5. The van der Waals surface area contributed by atoms with Gasteiger partial charge in [-0.2, -0.15) is 0 Å². The molecule has 0 aliphatic carbocycles. The first-order chi connectivity index (χ1) is 18.2. The Morgan fingerprint density at radius 3 is 2.33 bits per heavy atom. The van der Waals surface area contributed by atoms with Gasteiger partial charge in [0.25, 0.3) is 5.91 Å². The molecule has 4 amide bonds. The number of hydrogen-bond acceptors (Lipinski definition) is 6. The van der Waals surface area contributed by atoms with E-state index in [0.717, 1.165) is 5.56 Å². The normalized spacial score (nSPS) is 12.7. The van der Waals surface area contributed by atoms with Gasteiger partial charge in [-0.1, -0.05) is 53.6 Å². The maximum atomic E-state index is 13.9. The SMILES string of the molecule is Cc1cccc(C(C(=O)Nc2c(C)cccc2Cl)N(CCO)C(=O)C(CCC(N)=O)NC(=O)OC(C)(C)C)c1. The predicted octanol–water partition coefficient (Wildman–Crippen LogP) is 3.62. The zero-order chi connectivity index (χ0) is 29.3. The van der Waals surface area contributed by atoms with Crippen LogP contribution in [0.2, 0.25) is 5.02 Å². The summed E-state index contributed by atoms with van der Waals surface area (Å²) in [6.45, 7) is 7.91. The number of anilines is 1. The van der Waals surface area contributed by atoms with E-state index >= 15 is 0 Å². The van der Waals surface area contributed by atoms with Crippen molar-refractivity contribution in [3.05, 3.63) is 64.2 Å². The number of rotatable bonds is 11. The Labute approximate surface area is 233 Å². The van der Waals surface area contributed by atoms with Crippen LogP contribution in [-0.4, -0.2) is 58.6 Å². The number of nitrogens with zero attached hydrogens (tertiary/aromatic N) is 1. The summed E-state index contributed by atoms with van der Waals surface area (Å²) >= 11 is 6.34. The Morgan fingerprint density at radius 1 is 1.10 bits per heavy atom. The summed E-state index contributed by atoms with van der Waals surface area (Å²) in [5.41, 5.74) is 6.88. The van der Waals surface area contributed by atoms with Crippen molar-refractivity contribution in [2.24, 2.45) is 5.73 Å². The van der Waals surface area contributed by atoms with Crippen LogP contribution < -0.4 is 16.4 Å². The van der Waals surface area contributed by atoms with Gasteiger partial charge >= 0.3 is 6.09 Å². The molecule has 5 N–H and O–H groups in total. The van der Waals surface area contributed by atoms with Gasteiger partial charge < -0.3 is 31.1 Å². The highest BCUT2D eigenvalue weighted by Gasteiger charge is 2.36. The average molecular weight is 561 g/mol. The van der Waals surface area contributed by atoms with Crippen LogP contribution in [0.25, 0.3) is 0 Å². The van der Waals surface area contributed by atoms with Crippen LogP contribution in [0.15, 0.2) is 42.5 Å². The Morgan fingerprint density at radius 2 is 1.77 bits per heavy atom. The highest BCUT2D eigenvalue weighted by atomic mass is 35.5. The van der Waals surface area contributed by atoms with Crippen LogP contribution in [0.4, 0.5) is 10.5 Å². The molecular weight excluding hydrogens is 524 g/mol. The number of alkyl carbamates (subject to hydrolysis) is 1. The van der Waals surface area contributed by atoms with Crippen LogP contribution >= 0.6 is 11.6 Å². The molecule has 0 saturated carbocycles. The predicted molar refractivity (Wildman–Crippen MR) is 149 cm³/mol. The van der Waals surface area contributed by atoms with Crippen molar-refractivity contribution in [1.29, 1.82) is 0 Å². The number of nitrogens with one attached hydrogen (secondary N) is 2. The molecule has 2 aromatic rings. The monoisotopic (exact) mass is 560 g/mol. The number of primary amides is 1. The van der Waals surface area contributed by atoms with Gasteiger partial charge in [-0.3, -0.25) is 14.4 Å². The van der Waals surface area contributed by atoms with E-state index in [4.69, 9.17) is 22.1 Å². The fourth-order valence-corrected chi connectivity index (χ4v) is 4.23. The Kier molecular flexibility index (Phi) is 11.3. The molecule has 2 aromatic carbocycles. The maximum absolute atomic E-state index is 13.9. The summed E-state index contributed by atoms with van der Waals surface area (Å²) in [7, 11) is 0. The van der Waals surface area contributed by atoms with Gasteiger partial charge in [-0.15, -0.1) is 0 Å².